The highest BCUT2D eigenvalue weighted by atomic mass is 19.1. The van der Waals surface area contributed by atoms with Gasteiger partial charge in [0.25, 0.3) is 0 Å². The first kappa shape index (κ1) is 20.6. The van der Waals surface area contributed by atoms with Crippen molar-refractivity contribution in [3.05, 3.63) is 120 Å². The molecular weight excluding hydrogens is 389 g/mol. The van der Waals surface area contributed by atoms with E-state index in [9.17, 15) is 9.18 Å². The summed E-state index contributed by atoms with van der Waals surface area (Å²) in [6.45, 7) is 0.460. The average molecular weight is 413 g/mol. The molecule has 0 saturated heterocycles. The largest absolute Gasteiger partial charge is 0.494 e. The molecular formula is C27H24FNO2. The summed E-state index contributed by atoms with van der Waals surface area (Å²) in [5.41, 5.74) is 2.57. The van der Waals surface area contributed by atoms with Crippen LogP contribution in [0.5, 0.6) is 5.75 Å². The number of hydrogen-bond acceptors (Lipinski definition) is 2. The molecule has 0 aliphatic rings. The Morgan fingerprint density at radius 2 is 1.52 bits per heavy atom. The van der Waals surface area contributed by atoms with Crippen molar-refractivity contribution >= 4 is 5.78 Å². The predicted molar refractivity (Wildman–Crippen MR) is 120 cm³/mol. The second kappa shape index (κ2) is 9.90. The number of carbonyl (C=O) groups is 1. The molecule has 0 aliphatic heterocycles. The van der Waals surface area contributed by atoms with Gasteiger partial charge in [0.2, 0.25) is 0 Å². The SMILES string of the molecule is O=C(c1ccccc1-n1cccc1)C(CCCOc1ccc(F)cc1)c1ccccc1. The van der Waals surface area contributed by atoms with Crippen LogP contribution in [0.15, 0.2) is 103 Å². The molecule has 4 aromatic rings. The quantitative estimate of drug-likeness (QED) is 0.233. The lowest BCUT2D eigenvalue weighted by atomic mass is 9.86. The second-order valence-electron chi connectivity index (χ2n) is 7.38. The second-order valence-corrected chi connectivity index (χ2v) is 7.38. The van der Waals surface area contributed by atoms with Gasteiger partial charge >= 0.3 is 0 Å². The summed E-state index contributed by atoms with van der Waals surface area (Å²) in [5.74, 6) is 0.164. The molecule has 1 unspecified atom stereocenters. The van der Waals surface area contributed by atoms with E-state index in [2.05, 4.69) is 0 Å². The van der Waals surface area contributed by atoms with Crippen molar-refractivity contribution in [2.24, 2.45) is 0 Å². The molecule has 4 rings (SSSR count). The summed E-state index contributed by atoms with van der Waals surface area (Å²) in [6.07, 6.45) is 5.25. The normalized spacial score (nSPS) is 11.8. The zero-order valence-electron chi connectivity index (χ0n) is 17.2. The van der Waals surface area contributed by atoms with Gasteiger partial charge in [0, 0.05) is 23.9 Å². The van der Waals surface area contributed by atoms with Gasteiger partial charge in [0.05, 0.1) is 12.3 Å². The summed E-state index contributed by atoms with van der Waals surface area (Å²) < 4.78 is 20.8. The monoisotopic (exact) mass is 413 g/mol. The summed E-state index contributed by atoms with van der Waals surface area (Å²) in [6, 6.07) is 27.5. The third-order valence-corrected chi connectivity index (χ3v) is 5.29. The Bertz CT molecular complexity index is 1110. The van der Waals surface area contributed by atoms with E-state index in [-0.39, 0.29) is 17.5 Å². The molecule has 1 atom stereocenters. The van der Waals surface area contributed by atoms with Gasteiger partial charge in [-0.25, -0.2) is 4.39 Å². The van der Waals surface area contributed by atoms with Crippen molar-refractivity contribution in [3.8, 4) is 11.4 Å². The standard InChI is InChI=1S/C27H24FNO2/c28-22-14-16-23(17-15-22)31-20-8-12-24(21-9-2-1-3-10-21)27(30)25-11-4-5-13-26(25)29-18-6-7-19-29/h1-7,9-11,13-19,24H,8,12,20H2. The van der Waals surface area contributed by atoms with Crippen molar-refractivity contribution in [1.82, 2.24) is 4.57 Å². The lowest BCUT2D eigenvalue weighted by Gasteiger charge is -2.19. The number of hydrogen-bond donors (Lipinski definition) is 0. The molecule has 3 aromatic carbocycles. The number of ether oxygens (including phenoxy) is 1. The van der Waals surface area contributed by atoms with Crippen LogP contribution < -0.4 is 4.74 Å². The van der Waals surface area contributed by atoms with Crippen molar-refractivity contribution in [1.29, 1.82) is 0 Å². The molecule has 0 fully saturated rings. The van der Waals surface area contributed by atoms with Gasteiger partial charge in [-0.3, -0.25) is 4.79 Å². The van der Waals surface area contributed by atoms with Crippen LogP contribution in [0.4, 0.5) is 4.39 Å². The molecule has 0 radical (unpaired) electrons. The molecule has 31 heavy (non-hydrogen) atoms. The number of halogens is 1. The van der Waals surface area contributed by atoms with E-state index in [1.165, 1.54) is 12.1 Å². The van der Waals surface area contributed by atoms with Gasteiger partial charge in [0.1, 0.15) is 11.6 Å². The number of rotatable bonds is 9. The number of aromatic nitrogens is 1. The fourth-order valence-electron chi connectivity index (χ4n) is 3.73. The Balaban J connectivity index is 1.52. The highest BCUT2D eigenvalue weighted by Crippen LogP contribution is 2.29. The Kier molecular flexibility index (Phi) is 6.58. The number of carbonyl (C=O) groups excluding carboxylic acids is 1. The minimum absolute atomic E-state index is 0.0947. The Morgan fingerprint density at radius 1 is 0.839 bits per heavy atom. The van der Waals surface area contributed by atoms with Gasteiger partial charge < -0.3 is 9.30 Å². The molecule has 156 valence electrons. The lowest BCUT2D eigenvalue weighted by Crippen LogP contribution is -2.16. The molecule has 1 aromatic heterocycles. The number of para-hydroxylation sites is 1. The van der Waals surface area contributed by atoms with E-state index in [0.717, 1.165) is 11.3 Å². The van der Waals surface area contributed by atoms with Gasteiger partial charge in [-0.15, -0.1) is 0 Å². The number of Topliss-reactive ketones (excluding diaryl/α,β-unsaturated/α-hetero) is 1. The van der Waals surface area contributed by atoms with E-state index in [4.69, 9.17) is 4.74 Å². The van der Waals surface area contributed by atoms with Crippen LogP contribution in [0.3, 0.4) is 0 Å². The summed E-state index contributed by atoms with van der Waals surface area (Å²) in [4.78, 5) is 13.7. The summed E-state index contributed by atoms with van der Waals surface area (Å²) in [5, 5.41) is 0. The zero-order chi connectivity index (χ0) is 21.5. The van der Waals surface area contributed by atoms with Crippen LogP contribution in [0.1, 0.15) is 34.7 Å². The molecule has 3 nitrogen and oxygen atoms in total. The minimum Gasteiger partial charge on any atom is -0.494 e. The van der Waals surface area contributed by atoms with Crippen LogP contribution >= 0.6 is 0 Å². The van der Waals surface area contributed by atoms with E-state index in [0.29, 0.717) is 30.8 Å². The maximum Gasteiger partial charge on any atom is 0.172 e. The van der Waals surface area contributed by atoms with Crippen molar-refractivity contribution < 1.29 is 13.9 Å². The van der Waals surface area contributed by atoms with Crippen LogP contribution in [-0.2, 0) is 0 Å². The maximum atomic E-state index is 13.7. The molecule has 0 bridgehead atoms. The number of nitrogens with zero attached hydrogens (tertiary/aromatic N) is 1. The third-order valence-electron chi connectivity index (χ3n) is 5.29. The Labute approximate surface area is 181 Å². The first-order valence-corrected chi connectivity index (χ1v) is 10.4. The van der Waals surface area contributed by atoms with Crippen molar-refractivity contribution in [3.63, 3.8) is 0 Å². The van der Waals surface area contributed by atoms with E-state index >= 15 is 0 Å². The van der Waals surface area contributed by atoms with E-state index in [1.807, 2.05) is 83.7 Å². The first-order chi connectivity index (χ1) is 15.2. The fourth-order valence-corrected chi connectivity index (χ4v) is 3.73. The zero-order valence-corrected chi connectivity index (χ0v) is 17.2. The molecule has 1 heterocycles. The first-order valence-electron chi connectivity index (χ1n) is 10.4. The van der Waals surface area contributed by atoms with Crippen molar-refractivity contribution in [2.45, 2.75) is 18.8 Å². The molecule has 0 N–H and O–H groups in total. The van der Waals surface area contributed by atoms with Crippen molar-refractivity contribution in [2.75, 3.05) is 6.61 Å². The molecule has 0 amide bonds. The smallest absolute Gasteiger partial charge is 0.172 e. The molecule has 0 saturated carbocycles. The summed E-state index contributed by atoms with van der Waals surface area (Å²) >= 11 is 0. The minimum atomic E-state index is -0.288. The van der Waals surface area contributed by atoms with Crippen LogP contribution in [0, 0.1) is 5.82 Å². The highest BCUT2D eigenvalue weighted by Gasteiger charge is 2.24. The fraction of sp³-hybridized carbons (Fsp3) is 0.148. The van der Waals surface area contributed by atoms with E-state index < -0.39 is 0 Å². The molecule has 0 aliphatic carbocycles. The Morgan fingerprint density at radius 3 is 2.26 bits per heavy atom. The average Bonchev–Trinajstić information content (AvgIpc) is 3.35. The van der Waals surface area contributed by atoms with Crippen LogP contribution in [0.25, 0.3) is 5.69 Å². The topological polar surface area (TPSA) is 31.2 Å². The predicted octanol–water partition coefficient (Wildman–Crippen LogP) is 6.44. The van der Waals surface area contributed by atoms with E-state index in [1.54, 1.807) is 12.1 Å². The highest BCUT2D eigenvalue weighted by molar-refractivity contribution is 6.03. The van der Waals surface area contributed by atoms with Crippen LogP contribution in [-0.4, -0.2) is 17.0 Å². The number of ketones is 1. The number of benzene rings is 3. The Hall–Kier alpha value is -3.66. The van der Waals surface area contributed by atoms with Gasteiger partial charge in [-0.05, 0) is 66.9 Å². The van der Waals surface area contributed by atoms with Crippen LogP contribution in [0.2, 0.25) is 0 Å². The summed E-state index contributed by atoms with van der Waals surface area (Å²) in [7, 11) is 0. The lowest BCUT2D eigenvalue weighted by molar-refractivity contribution is 0.0952. The third kappa shape index (κ3) is 5.10. The molecule has 0 spiro atoms. The van der Waals surface area contributed by atoms with Gasteiger partial charge in [-0.2, -0.15) is 0 Å². The van der Waals surface area contributed by atoms with Gasteiger partial charge in [-0.1, -0.05) is 42.5 Å². The molecule has 4 heteroatoms. The van der Waals surface area contributed by atoms with Gasteiger partial charge in [0.15, 0.2) is 5.78 Å². The maximum absolute atomic E-state index is 13.7.